The monoisotopic (exact) mass is 693 g/mol. The summed E-state index contributed by atoms with van der Waals surface area (Å²) in [6.45, 7) is 5.67. The van der Waals surface area contributed by atoms with Crippen molar-refractivity contribution >= 4 is 45.6 Å². The van der Waals surface area contributed by atoms with Gasteiger partial charge in [0.2, 0.25) is 17.3 Å². The van der Waals surface area contributed by atoms with E-state index in [9.17, 15) is 32.1 Å². The van der Waals surface area contributed by atoms with E-state index >= 15 is 0 Å². The molecule has 1 aliphatic carbocycles. The van der Waals surface area contributed by atoms with Crippen LogP contribution in [-0.2, 0) is 40.4 Å². The second-order valence-electron chi connectivity index (χ2n) is 12.8. The number of carbonyl (C=O) groups is 4. The Labute approximate surface area is 298 Å². The van der Waals surface area contributed by atoms with E-state index in [4.69, 9.17) is 21.1 Å². The molecule has 1 unspecified atom stereocenters. The maximum Gasteiger partial charge on any atom is 1.00 e. The summed E-state index contributed by atoms with van der Waals surface area (Å²) in [6, 6.07) is 4.73. The van der Waals surface area contributed by atoms with Gasteiger partial charge in [-0.05, 0) is 49.3 Å². The van der Waals surface area contributed by atoms with Gasteiger partial charge < -0.3 is 30.0 Å². The summed E-state index contributed by atoms with van der Waals surface area (Å²) in [6.07, 6.45) is 4.62. The number of carbonyl (C=O) groups excluding carboxylic acids is 4. The van der Waals surface area contributed by atoms with Crippen molar-refractivity contribution in [2.24, 2.45) is 17.3 Å². The Balaban J connectivity index is 0.00000736. The van der Waals surface area contributed by atoms with Gasteiger partial charge in [-0.15, -0.1) is 0 Å². The second-order valence-corrected chi connectivity index (χ2v) is 14.7. The van der Waals surface area contributed by atoms with Crippen LogP contribution in [-0.4, -0.2) is 67.5 Å². The predicted octanol–water partition coefficient (Wildman–Crippen LogP) is 0.813. The maximum atomic E-state index is 13.7. The van der Waals surface area contributed by atoms with E-state index in [1.165, 1.54) is 6.92 Å². The van der Waals surface area contributed by atoms with E-state index in [0.717, 1.165) is 37.7 Å². The summed E-state index contributed by atoms with van der Waals surface area (Å²) in [5, 5.41) is 8.42. The molecule has 2 fully saturated rings. The molecule has 15 heteroatoms. The number of alkyl carbamates (subject to hydrolysis) is 1. The third kappa shape index (κ3) is 13.3. The first-order valence-corrected chi connectivity index (χ1v) is 17.4. The topological polar surface area (TPSA) is 180 Å². The molecule has 4 atom stereocenters. The van der Waals surface area contributed by atoms with Crippen LogP contribution in [0.25, 0.3) is 0 Å². The van der Waals surface area contributed by atoms with Gasteiger partial charge in [0.05, 0.1) is 12.6 Å². The molecule has 1 aliphatic heterocycles. The van der Waals surface area contributed by atoms with Gasteiger partial charge in [0.1, 0.15) is 16.2 Å². The molecule has 0 radical (unpaired) electrons. The minimum Gasteiger partial charge on any atom is -0.745 e. The third-order valence-corrected chi connectivity index (χ3v) is 9.48. The molecule has 46 heavy (non-hydrogen) atoms. The number of amides is 3. The van der Waals surface area contributed by atoms with Crippen LogP contribution in [0.1, 0.15) is 84.1 Å². The first-order valence-electron chi connectivity index (χ1n) is 15.6. The fourth-order valence-corrected chi connectivity index (χ4v) is 6.96. The van der Waals surface area contributed by atoms with Crippen molar-refractivity contribution in [3.8, 4) is 0 Å². The number of hydrogen-bond acceptors (Lipinski definition) is 9. The Morgan fingerprint density at radius 2 is 1.80 bits per heavy atom. The van der Waals surface area contributed by atoms with Crippen LogP contribution < -0.4 is 45.5 Å². The van der Waals surface area contributed by atoms with Crippen molar-refractivity contribution in [1.82, 2.24) is 16.0 Å². The Morgan fingerprint density at radius 1 is 1.11 bits per heavy atom. The van der Waals surface area contributed by atoms with Crippen LogP contribution in [0.4, 0.5) is 4.79 Å². The quantitative estimate of drug-likeness (QED) is 0.136. The minimum atomic E-state index is -5.26. The number of rotatable bonds is 15. The van der Waals surface area contributed by atoms with E-state index in [1.807, 2.05) is 32.0 Å². The number of hydrogen-bond donors (Lipinski definition) is 3. The Morgan fingerprint density at radius 3 is 2.39 bits per heavy atom. The van der Waals surface area contributed by atoms with E-state index in [-0.39, 0.29) is 67.3 Å². The summed E-state index contributed by atoms with van der Waals surface area (Å²) in [5.41, 5.74) is -1.74. The summed E-state index contributed by atoms with van der Waals surface area (Å²) in [5.74, 6) is -2.67. The molecule has 2 aliphatic rings. The molecule has 252 valence electrons. The van der Waals surface area contributed by atoms with Crippen LogP contribution in [0.15, 0.2) is 24.3 Å². The van der Waals surface area contributed by atoms with E-state index in [2.05, 4.69) is 16.0 Å². The van der Waals surface area contributed by atoms with Gasteiger partial charge in [0, 0.05) is 29.3 Å². The van der Waals surface area contributed by atoms with Crippen LogP contribution in [0, 0.1) is 17.3 Å². The molecule has 12 nitrogen and oxygen atoms in total. The van der Waals surface area contributed by atoms with Crippen molar-refractivity contribution in [2.75, 3.05) is 13.2 Å². The fourth-order valence-electron chi connectivity index (χ4n) is 5.94. The van der Waals surface area contributed by atoms with Crippen molar-refractivity contribution in [2.45, 2.75) is 102 Å². The molecule has 3 N–H and O–H groups in total. The van der Waals surface area contributed by atoms with Crippen molar-refractivity contribution in [3.63, 3.8) is 0 Å². The van der Waals surface area contributed by atoms with Gasteiger partial charge in [0.25, 0.3) is 0 Å². The molecule has 0 aromatic heterocycles. The average molecular weight is 694 g/mol. The van der Waals surface area contributed by atoms with Crippen molar-refractivity contribution in [1.29, 1.82) is 0 Å². The average Bonchev–Trinajstić information content (AvgIpc) is 3.37. The third-order valence-electron chi connectivity index (χ3n) is 8.25. The van der Waals surface area contributed by atoms with Crippen molar-refractivity contribution in [3.05, 3.63) is 34.9 Å². The Bertz CT molecular complexity index is 1310. The maximum absolute atomic E-state index is 13.7. The van der Waals surface area contributed by atoms with E-state index < -0.39 is 56.9 Å². The molecule has 1 saturated heterocycles. The smallest absolute Gasteiger partial charge is 0.745 e. The molecule has 0 bridgehead atoms. The molecular formula is C31H45ClN3NaO9S. The largest absolute Gasteiger partial charge is 1.00 e. The van der Waals surface area contributed by atoms with Crippen LogP contribution >= 0.6 is 11.6 Å². The number of halogens is 1. The summed E-state index contributed by atoms with van der Waals surface area (Å²) < 4.78 is 47.4. The SMILES string of the molecule is CCC(=O)OC([C@H](C[C@@H]1CCNC1=O)NC(=O)[C@H](CC1CCCCC1)NC(=O)OCC(C)(C)Cc1cccc(Cl)c1)S(=O)(=O)[O-].[Na+]. The van der Waals surface area contributed by atoms with Gasteiger partial charge in [-0.1, -0.05) is 76.6 Å². The summed E-state index contributed by atoms with van der Waals surface area (Å²) in [4.78, 5) is 51.2. The number of esters is 1. The molecule has 3 amide bonds. The first-order chi connectivity index (χ1) is 21.2. The van der Waals surface area contributed by atoms with Crippen molar-refractivity contribution < 1.29 is 71.2 Å². The number of nitrogens with one attached hydrogen (secondary N) is 3. The standard InChI is InChI=1S/C31H46ClN3O9S.Na/c1-4-26(36)44-29(45(40,41)42)25(17-22-13-14-33-27(22)37)34-28(38)24(16-20-9-6-5-7-10-20)35-30(39)43-19-31(2,3)18-21-11-8-12-23(32)15-21;/h8,11-12,15,20,22,24-25,29H,4-7,9-10,13-14,16-19H2,1-3H3,(H,33,37)(H,34,38)(H,35,39)(H,40,41,42);/q;+1/p-1/t22-,24-,25-,29?;/m0./s1. The fraction of sp³-hybridized carbons (Fsp3) is 0.677. The first kappa shape index (κ1) is 40.3. The minimum absolute atomic E-state index is 0. The molecule has 1 aromatic rings. The van der Waals surface area contributed by atoms with Gasteiger partial charge >= 0.3 is 41.6 Å². The van der Waals surface area contributed by atoms with E-state index in [0.29, 0.717) is 24.4 Å². The predicted molar refractivity (Wildman–Crippen MR) is 166 cm³/mol. The van der Waals surface area contributed by atoms with Gasteiger partial charge in [-0.2, -0.15) is 0 Å². The van der Waals surface area contributed by atoms with E-state index in [1.54, 1.807) is 6.07 Å². The normalized spacial score (nSPS) is 19.2. The number of benzene rings is 1. The zero-order valence-electron chi connectivity index (χ0n) is 27.1. The summed E-state index contributed by atoms with van der Waals surface area (Å²) in [7, 11) is -5.26. The zero-order chi connectivity index (χ0) is 33.2. The Kier molecular flexibility index (Phi) is 16.3. The van der Waals surface area contributed by atoms with Crippen LogP contribution in [0.2, 0.25) is 5.02 Å². The Hall–Kier alpha value is -1.90. The van der Waals surface area contributed by atoms with Gasteiger partial charge in [-0.3, -0.25) is 14.4 Å². The molecule has 0 spiro atoms. The zero-order valence-corrected chi connectivity index (χ0v) is 30.7. The molecule has 1 heterocycles. The van der Waals surface area contributed by atoms with Gasteiger partial charge in [0.15, 0.2) is 0 Å². The van der Waals surface area contributed by atoms with Gasteiger partial charge in [-0.25, -0.2) is 13.2 Å². The molecule has 3 rings (SSSR count). The van der Waals surface area contributed by atoms with Crippen LogP contribution in [0.3, 0.4) is 0 Å². The second kappa shape index (κ2) is 18.6. The summed E-state index contributed by atoms with van der Waals surface area (Å²) >= 11 is 6.11. The molecule has 1 saturated carbocycles. The number of ether oxygens (including phenoxy) is 2. The molecule has 1 aromatic carbocycles. The molecular weight excluding hydrogens is 649 g/mol. The van der Waals surface area contributed by atoms with Crippen LogP contribution in [0.5, 0.6) is 0 Å².